The van der Waals surface area contributed by atoms with Crippen LogP contribution in [-0.4, -0.2) is 76.1 Å². The van der Waals surface area contributed by atoms with Gasteiger partial charge in [0, 0.05) is 62.3 Å². The average Bonchev–Trinajstić information content (AvgIpc) is 3.37. The fraction of sp³-hybridized carbons (Fsp3) is 0.625. The molecule has 4 atom stereocenters. The molecule has 3 saturated heterocycles. The van der Waals surface area contributed by atoms with Gasteiger partial charge in [-0.2, -0.15) is 5.10 Å². The highest BCUT2D eigenvalue weighted by atomic mass is 19.1. The molecule has 1 spiro atoms. The topological polar surface area (TPSA) is 64.6 Å². The quantitative estimate of drug-likeness (QED) is 0.710. The largest absolute Gasteiger partial charge is 0.396 e. The minimum atomic E-state index is -0.249. The molecule has 0 unspecified atom stereocenters. The maximum Gasteiger partial charge on any atom is 0.123 e. The van der Waals surface area contributed by atoms with Crippen LogP contribution in [0.5, 0.6) is 0 Å². The zero-order valence-electron chi connectivity index (χ0n) is 18.4. The van der Waals surface area contributed by atoms with Gasteiger partial charge >= 0.3 is 0 Å². The molecule has 0 saturated carbocycles. The number of hydrogen-bond acceptors (Lipinski definition) is 5. The zero-order valence-corrected chi connectivity index (χ0v) is 18.4. The van der Waals surface area contributed by atoms with Crippen molar-refractivity contribution >= 4 is 0 Å². The molecule has 6 nitrogen and oxygen atoms in total. The molecule has 2 bridgehead atoms. The summed E-state index contributed by atoms with van der Waals surface area (Å²) in [7, 11) is 0. The number of nitrogens with one attached hydrogen (secondary N) is 1. The van der Waals surface area contributed by atoms with E-state index in [1.807, 2.05) is 12.3 Å². The molecule has 3 aliphatic heterocycles. The Morgan fingerprint density at radius 3 is 2.90 bits per heavy atom. The van der Waals surface area contributed by atoms with E-state index in [-0.39, 0.29) is 30.0 Å². The monoisotopic (exact) mass is 428 g/mol. The molecule has 2 N–H and O–H groups in total. The Balaban J connectivity index is 1.33. The molecular weight excluding hydrogens is 395 g/mol. The standard InChI is InChI=1S/C24H33FN4O2/c1-16(2)6-7-28-12-22-20(13-30)21-11-29(15-24(21,14-28)31-22)10-18-9-26-27-23(18)17-4-3-5-19(25)8-17/h3-5,8-9,16,20-22,30H,6-7,10-15H2,1-2H3,(H,26,27)/t20-,21+,22+,24+/m0/s1. The number of aromatic nitrogens is 2. The van der Waals surface area contributed by atoms with Crippen molar-refractivity contribution in [3.8, 4) is 11.3 Å². The number of H-pyrrole nitrogens is 1. The number of aliphatic hydroxyl groups excluding tert-OH is 1. The molecule has 5 rings (SSSR count). The van der Waals surface area contributed by atoms with E-state index in [9.17, 15) is 9.50 Å². The van der Waals surface area contributed by atoms with Gasteiger partial charge in [0.05, 0.1) is 23.6 Å². The summed E-state index contributed by atoms with van der Waals surface area (Å²) in [6, 6.07) is 6.62. The highest BCUT2D eigenvalue weighted by Crippen LogP contribution is 2.49. The van der Waals surface area contributed by atoms with E-state index in [0.717, 1.165) is 56.1 Å². The van der Waals surface area contributed by atoms with E-state index in [4.69, 9.17) is 4.74 Å². The summed E-state index contributed by atoms with van der Waals surface area (Å²) in [6.45, 7) is 10.2. The van der Waals surface area contributed by atoms with Crippen LogP contribution < -0.4 is 0 Å². The van der Waals surface area contributed by atoms with Crippen LogP contribution in [-0.2, 0) is 11.3 Å². The first-order valence-electron chi connectivity index (χ1n) is 11.5. The molecule has 3 fully saturated rings. The molecule has 4 heterocycles. The van der Waals surface area contributed by atoms with Gasteiger partial charge in [0.1, 0.15) is 5.82 Å². The van der Waals surface area contributed by atoms with Gasteiger partial charge in [-0.25, -0.2) is 4.39 Å². The van der Waals surface area contributed by atoms with Crippen LogP contribution in [0.2, 0.25) is 0 Å². The van der Waals surface area contributed by atoms with Gasteiger partial charge in [0.25, 0.3) is 0 Å². The number of hydrogen-bond donors (Lipinski definition) is 2. The van der Waals surface area contributed by atoms with Crippen LogP contribution in [0.1, 0.15) is 25.8 Å². The van der Waals surface area contributed by atoms with Crippen LogP contribution in [0, 0.1) is 23.6 Å². The van der Waals surface area contributed by atoms with Gasteiger partial charge in [-0.3, -0.25) is 14.9 Å². The SMILES string of the molecule is CC(C)CCN1C[C@H]2O[C@@]3(CN(Cc4cn[nH]c4-c4cccc(F)c4)C[C@@H]3[C@@H]2CO)C1. The molecular formula is C24H33FN4O2. The van der Waals surface area contributed by atoms with Crippen molar-refractivity contribution in [3.05, 3.63) is 41.8 Å². The molecule has 168 valence electrons. The first-order valence-corrected chi connectivity index (χ1v) is 11.5. The highest BCUT2D eigenvalue weighted by Gasteiger charge is 2.61. The lowest BCUT2D eigenvalue weighted by molar-refractivity contribution is -0.118. The highest BCUT2D eigenvalue weighted by molar-refractivity contribution is 5.62. The fourth-order valence-electron chi connectivity index (χ4n) is 5.92. The third-order valence-corrected chi connectivity index (χ3v) is 7.39. The first-order chi connectivity index (χ1) is 15.0. The third-order valence-electron chi connectivity index (χ3n) is 7.39. The summed E-state index contributed by atoms with van der Waals surface area (Å²) in [4.78, 5) is 4.97. The Labute approximate surface area is 183 Å². The molecule has 0 aliphatic carbocycles. The summed E-state index contributed by atoms with van der Waals surface area (Å²) in [5, 5.41) is 17.4. The second-order valence-corrected chi connectivity index (χ2v) is 10.0. The Kier molecular flexibility index (Phi) is 5.63. The van der Waals surface area contributed by atoms with E-state index in [1.54, 1.807) is 6.07 Å². The molecule has 0 radical (unpaired) electrons. The summed E-state index contributed by atoms with van der Waals surface area (Å²) in [5.74, 6) is 0.976. The van der Waals surface area contributed by atoms with Crippen molar-refractivity contribution in [3.63, 3.8) is 0 Å². The van der Waals surface area contributed by atoms with Gasteiger partial charge in [-0.05, 0) is 31.0 Å². The molecule has 1 aromatic carbocycles. The number of aliphatic hydroxyl groups is 1. The number of fused-ring (bicyclic) bond motifs is 1. The smallest absolute Gasteiger partial charge is 0.123 e. The van der Waals surface area contributed by atoms with E-state index in [1.165, 1.54) is 18.6 Å². The summed E-state index contributed by atoms with van der Waals surface area (Å²) in [5.41, 5.74) is 2.54. The van der Waals surface area contributed by atoms with E-state index in [0.29, 0.717) is 11.8 Å². The van der Waals surface area contributed by atoms with E-state index < -0.39 is 0 Å². The van der Waals surface area contributed by atoms with Gasteiger partial charge in [0.15, 0.2) is 0 Å². The van der Waals surface area contributed by atoms with Crippen LogP contribution >= 0.6 is 0 Å². The number of ether oxygens (including phenoxy) is 1. The van der Waals surface area contributed by atoms with E-state index in [2.05, 4.69) is 33.8 Å². The Morgan fingerprint density at radius 1 is 1.29 bits per heavy atom. The van der Waals surface area contributed by atoms with Gasteiger partial charge in [-0.1, -0.05) is 26.0 Å². The zero-order chi connectivity index (χ0) is 21.6. The predicted octanol–water partition coefficient (Wildman–Crippen LogP) is 2.76. The Bertz CT molecular complexity index is 918. The van der Waals surface area contributed by atoms with Gasteiger partial charge in [-0.15, -0.1) is 0 Å². The lowest BCUT2D eigenvalue weighted by atomic mass is 9.83. The third kappa shape index (κ3) is 3.93. The number of likely N-dealkylation sites (tertiary alicyclic amines) is 2. The lowest BCUT2D eigenvalue weighted by Crippen LogP contribution is -2.54. The number of aromatic amines is 1. The van der Waals surface area contributed by atoms with Crippen molar-refractivity contribution in [2.75, 3.05) is 39.3 Å². The lowest BCUT2D eigenvalue weighted by Gasteiger charge is -2.40. The van der Waals surface area contributed by atoms with Crippen LogP contribution in [0.3, 0.4) is 0 Å². The molecule has 2 aromatic rings. The van der Waals surface area contributed by atoms with Gasteiger partial charge in [0.2, 0.25) is 0 Å². The van der Waals surface area contributed by atoms with Crippen molar-refractivity contribution in [1.29, 1.82) is 0 Å². The maximum atomic E-state index is 13.7. The second-order valence-electron chi connectivity index (χ2n) is 10.0. The summed E-state index contributed by atoms with van der Waals surface area (Å²) in [6.07, 6.45) is 3.16. The van der Waals surface area contributed by atoms with Gasteiger partial charge < -0.3 is 9.84 Å². The summed E-state index contributed by atoms with van der Waals surface area (Å²) >= 11 is 0. The minimum absolute atomic E-state index is 0.134. The number of rotatable bonds is 7. The number of nitrogens with zero attached hydrogens (tertiary/aromatic N) is 3. The molecule has 31 heavy (non-hydrogen) atoms. The fourth-order valence-corrected chi connectivity index (χ4v) is 5.92. The van der Waals surface area contributed by atoms with Crippen molar-refractivity contribution < 1.29 is 14.2 Å². The van der Waals surface area contributed by atoms with E-state index >= 15 is 0 Å². The molecule has 3 aliphatic rings. The van der Waals surface area contributed by atoms with Crippen molar-refractivity contribution in [2.24, 2.45) is 17.8 Å². The number of halogens is 1. The van der Waals surface area contributed by atoms with Crippen molar-refractivity contribution in [2.45, 2.75) is 38.5 Å². The number of benzene rings is 1. The van der Waals surface area contributed by atoms with Crippen LogP contribution in [0.15, 0.2) is 30.5 Å². The molecule has 1 aromatic heterocycles. The van der Waals surface area contributed by atoms with Crippen molar-refractivity contribution in [1.82, 2.24) is 20.0 Å². The molecule has 7 heteroatoms. The first kappa shape index (κ1) is 21.1. The van der Waals surface area contributed by atoms with Crippen LogP contribution in [0.25, 0.3) is 11.3 Å². The Morgan fingerprint density at radius 2 is 2.13 bits per heavy atom. The predicted molar refractivity (Wildman–Crippen MR) is 117 cm³/mol. The average molecular weight is 429 g/mol. The maximum absolute atomic E-state index is 13.7. The normalized spacial score (nSPS) is 30.9. The molecule has 0 amide bonds. The Hall–Kier alpha value is -1.80. The van der Waals surface area contributed by atoms with Crippen LogP contribution in [0.4, 0.5) is 4.39 Å². The minimum Gasteiger partial charge on any atom is -0.396 e. The number of morpholine rings is 1. The second kappa shape index (κ2) is 8.28. The summed E-state index contributed by atoms with van der Waals surface area (Å²) < 4.78 is 20.3.